The van der Waals surface area contributed by atoms with Crippen LogP contribution in [0.1, 0.15) is 12.0 Å². The van der Waals surface area contributed by atoms with Gasteiger partial charge in [0.2, 0.25) is 0 Å². The van der Waals surface area contributed by atoms with E-state index in [0.29, 0.717) is 25.7 Å². The highest BCUT2D eigenvalue weighted by molar-refractivity contribution is 5.80. The molecule has 1 atom stereocenters. The molecule has 1 unspecified atom stereocenters. The van der Waals surface area contributed by atoms with E-state index in [1.54, 1.807) is 24.2 Å². The molecule has 0 radical (unpaired) electrons. The van der Waals surface area contributed by atoms with Crippen LogP contribution in [0.15, 0.2) is 41.8 Å². The number of aromatic nitrogens is 3. The molecule has 1 saturated heterocycles. The van der Waals surface area contributed by atoms with Crippen molar-refractivity contribution in [1.82, 2.24) is 25.0 Å². The summed E-state index contributed by atoms with van der Waals surface area (Å²) in [6.45, 7) is 4.71. The number of nitrogens with zero attached hydrogens (tertiary/aromatic N) is 5. The van der Waals surface area contributed by atoms with Crippen molar-refractivity contribution in [2.75, 3.05) is 47.1 Å². The summed E-state index contributed by atoms with van der Waals surface area (Å²) in [5.74, 6) is 2.27. The molecule has 1 fully saturated rings. The molecule has 1 aliphatic heterocycles. The molecular weight excluding hydrogens is 344 g/mol. The smallest absolute Gasteiger partial charge is 0.193 e. The molecule has 3 heterocycles. The molecule has 0 spiro atoms. The Labute approximate surface area is 160 Å². The van der Waals surface area contributed by atoms with Crippen LogP contribution in [0.3, 0.4) is 0 Å². The minimum Gasteiger partial charge on any atom is -0.382 e. The molecule has 27 heavy (non-hydrogen) atoms. The normalized spacial score (nSPS) is 17.5. The minimum atomic E-state index is 0.535. The first-order chi connectivity index (χ1) is 13.3. The van der Waals surface area contributed by atoms with Gasteiger partial charge < -0.3 is 19.7 Å². The number of likely N-dealkylation sites (tertiary alicyclic amines) is 1. The molecule has 2 aromatic rings. The fourth-order valence-corrected chi connectivity index (χ4v) is 3.17. The van der Waals surface area contributed by atoms with Crippen molar-refractivity contribution in [2.24, 2.45) is 10.9 Å². The molecule has 8 heteroatoms. The van der Waals surface area contributed by atoms with E-state index in [2.05, 4.69) is 25.3 Å². The predicted octanol–water partition coefficient (Wildman–Crippen LogP) is 1.33. The van der Waals surface area contributed by atoms with Crippen LogP contribution in [0.25, 0.3) is 5.82 Å². The van der Waals surface area contributed by atoms with E-state index >= 15 is 0 Å². The van der Waals surface area contributed by atoms with Crippen molar-refractivity contribution in [1.29, 1.82) is 0 Å². The molecule has 0 amide bonds. The van der Waals surface area contributed by atoms with Gasteiger partial charge in [-0.25, -0.2) is 9.67 Å². The monoisotopic (exact) mass is 372 g/mol. The van der Waals surface area contributed by atoms with Gasteiger partial charge in [-0.05, 0) is 30.2 Å². The molecule has 0 aromatic carbocycles. The van der Waals surface area contributed by atoms with Crippen molar-refractivity contribution in [3.05, 3.63) is 42.4 Å². The average molecular weight is 372 g/mol. The largest absolute Gasteiger partial charge is 0.382 e. The Hall–Kier alpha value is -2.45. The van der Waals surface area contributed by atoms with Crippen molar-refractivity contribution >= 4 is 5.96 Å². The third kappa shape index (κ3) is 5.51. The molecule has 8 nitrogen and oxygen atoms in total. The molecule has 1 aliphatic rings. The van der Waals surface area contributed by atoms with Gasteiger partial charge in [-0.1, -0.05) is 0 Å². The summed E-state index contributed by atoms with van der Waals surface area (Å²) < 4.78 is 12.4. The van der Waals surface area contributed by atoms with E-state index in [4.69, 9.17) is 9.47 Å². The Morgan fingerprint density at radius 3 is 3.07 bits per heavy atom. The van der Waals surface area contributed by atoms with Crippen LogP contribution < -0.4 is 5.32 Å². The highest BCUT2D eigenvalue weighted by Crippen LogP contribution is 2.17. The molecular formula is C19H28N6O2. The predicted molar refractivity (Wildman–Crippen MR) is 104 cm³/mol. The Kier molecular flexibility index (Phi) is 7.18. The molecule has 146 valence electrons. The first kappa shape index (κ1) is 19.3. The zero-order valence-corrected chi connectivity index (χ0v) is 16.0. The van der Waals surface area contributed by atoms with Crippen LogP contribution in [0.4, 0.5) is 0 Å². The molecule has 0 bridgehead atoms. The van der Waals surface area contributed by atoms with Crippen LogP contribution in [0.2, 0.25) is 0 Å². The average Bonchev–Trinajstić information content (AvgIpc) is 3.39. The third-order valence-corrected chi connectivity index (χ3v) is 4.58. The summed E-state index contributed by atoms with van der Waals surface area (Å²) in [5, 5.41) is 7.68. The van der Waals surface area contributed by atoms with Crippen LogP contribution >= 0.6 is 0 Å². The Bertz CT molecular complexity index is 719. The summed E-state index contributed by atoms with van der Waals surface area (Å²) in [6.07, 6.45) is 6.56. The maximum Gasteiger partial charge on any atom is 0.193 e. The van der Waals surface area contributed by atoms with Gasteiger partial charge >= 0.3 is 0 Å². The number of nitrogens with one attached hydrogen (secondary N) is 1. The van der Waals surface area contributed by atoms with Gasteiger partial charge in [-0.15, -0.1) is 0 Å². The number of methoxy groups -OCH3 is 1. The summed E-state index contributed by atoms with van der Waals surface area (Å²) in [7, 11) is 3.52. The number of guanidine groups is 1. The number of ether oxygens (including phenoxy) is 2. The maximum absolute atomic E-state index is 5.67. The molecule has 3 rings (SSSR count). The fraction of sp³-hybridized carbons (Fsp3) is 0.526. The minimum absolute atomic E-state index is 0.535. The number of pyridine rings is 1. The Morgan fingerprint density at radius 2 is 2.30 bits per heavy atom. The van der Waals surface area contributed by atoms with Crippen molar-refractivity contribution < 1.29 is 9.47 Å². The SMILES string of the molecule is CN=C(NCc1ccnc(-n2cccn2)c1)N1CCC(COCCOC)C1. The molecule has 1 N–H and O–H groups in total. The van der Waals surface area contributed by atoms with Gasteiger partial charge in [-0.3, -0.25) is 4.99 Å². The van der Waals surface area contributed by atoms with Crippen molar-refractivity contribution in [3.63, 3.8) is 0 Å². The lowest BCUT2D eigenvalue weighted by molar-refractivity contribution is 0.0536. The van der Waals surface area contributed by atoms with E-state index in [1.165, 1.54) is 0 Å². The Balaban J connectivity index is 1.49. The second-order valence-electron chi connectivity index (χ2n) is 6.54. The summed E-state index contributed by atoms with van der Waals surface area (Å²) in [6, 6.07) is 5.92. The summed E-state index contributed by atoms with van der Waals surface area (Å²) in [4.78, 5) is 11.1. The second kappa shape index (κ2) is 10.0. The Morgan fingerprint density at radius 1 is 1.37 bits per heavy atom. The third-order valence-electron chi connectivity index (χ3n) is 4.58. The van der Waals surface area contributed by atoms with Crippen LogP contribution in [-0.2, 0) is 16.0 Å². The first-order valence-electron chi connectivity index (χ1n) is 9.27. The molecule has 0 saturated carbocycles. The van der Waals surface area contributed by atoms with Crippen molar-refractivity contribution in [3.8, 4) is 5.82 Å². The van der Waals surface area contributed by atoms with Gasteiger partial charge in [0.05, 0.1) is 19.8 Å². The van der Waals surface area contributed by atoms with E-state index in [1.807, 2.05) is 31.4 Å². The van der Waals surface area contributed by atoms with Gasteiger partial charge in [-0.2, -0.15) is 5.10 Å². The van der Waals surface area contributed by atoms with Gasteiger partial charge in [0, 0.05) is 58.3 Å². The first-order valence-corrected chi connectivity index (χ1v) is 9.27. The summed E-state index contributed by atoms with van der Waals surface area (Å²) >= 11 is 0. The fourth-order valence-electron chi connectivity index (χ4n) is 3.17. The highest BCUT2D eigenvalue weighted by atomic mass is 16.5. The van der Waals surface area contributed by atoms with Gasteiger partial charge in [0.15, 0.2) is 11.8 Å². The van der Waals surface area contributed by atoms with Crippen LogP contribution in [0.5, 0.6) is 0 Å². The lowest BCUT2D eigenvalue weighted by Crippen LogP contribution is -2.39. The van der Waals surface area contributed by atoms with Crippen molar-refractivity contribution in [2.45, 2.75) is 13.0 Å². The van der Waals surface area contributed by atoms with E-state index < -0.39 is 0 Å². The van der Waals surface area contributed by atoms with Gasteiger partial charge in [0.1, 0.15) is 0 Å². The zero-order valence-electron chi connectivity index (χ0n) is 16.0. The standard InChI is InChI=1S/C19H28N6O2/c1-20-19(24-9-5-17(14-24)15-27-11-10-26-2)22-13-16-4-7-21-18(12-16)25-8-3-6-23-25/h3-4,6-8,12,17H,5,9-11,13-15H2,1-2H3,(H,20,22). The summed E-state index contributed by atoms with van der Waals surface area (Å²) in [5.41, 5.74) is 1.13. The number of hydrogen-bond acceptors (Lipinski definition) is 5. The lowest BCUT2D eigenvalue weighted by Gasteiger charge is -2.22. The topological polar surface area (TPSA) is 76.8 Å². The van der Waals surface area contributed by atoms with Gasteiger partial charge in [0.25, 0.3) is 0 Å². The number of rotatable bonds is 8. The maximum atomic E-state index is 5.67. The lowest BCUT2D eigenvalue weighted by atomic mass is 10.1. The van der Waals surface area contributed by atoms with Crippen LogP contribution in [0, 0.1) is 5.92 Å². The second-order valence-corrected chi connectivity index (χ2v) is 6.54. The quantitative estimate of drug-likeness (QED) is 0.428. The van der Waals surface area contributed by atoms with E-state index in [0.717, 1.165) is 43.5 Å². The highest BCUT2D eigenvalue weighted by Gasteiger charge is 2.24. The van der Waals surface area contributed by atoms with E-state index in [9.17, 15) is 0 Å². The molecule has 2 aromatic heterocycles. The zero-order chi connectivity index (χ0) is 18.9. The van der Waals surface area contributed by atoms with E-state index in [-0.39, 0.29) is 0 Å². The number of aliphatic imine (C=N–C) groups is 1. The number of hydrogen-bond donors (Lipinski definition) is 1. The van der Waals surface area contributed by atoms with Crippen LogP contribution in [-0.4, -0.2) is 72.7 Å². The molecule has 0 aliphatic carbocycles.